The molecule has 1 aromatic heterocycles. The van der Waals surface area contributed by atoms with E-state index in [1.54, 1.807) is 6.92 Å². The minimum atomic E-state index is -3.48. The molecule has 2 aromatic carbocycles. The van der Waals surface area contributed by atoms with Gasteiger partial charge in [-0.25, -0.2) is 13.1 Å². The van der Waals surface area contributed by atoms with E-state index in [1.165, 1.54) is 6.26 Å². The second kappa shape index (κ2) is 10.6. The molecule has 8 nitrogen and oxygen atoms in total. The van der Waals surface area contributed by atoms with Crippen LogP contribution in [0.1, 0.15) is 62.6 Å². The summed E-state index contributed by atoms with van der Waals surface area (Å²) in [7, 11) is -3.48. The molecule has 35 heavy (non-hydrogen) atoms. The summed E-state index contributed by atoms with van der Waals surface area (Å²) < 4.78 is 41.6. The fraction of sp³-hybridized carbons (Fsp3) is 0.360. The quantitative estimate of drug-likeness (QED) is 0.360. The molecule has 1 unspecified atom stereocenters. The topological polar surface area (TPSA) is 114 Å². The highest BCUT2D eigenvalue weighted by Gasteiger charge is 2.26. The van der Waals surface area contributed by atoms with Crippen LogP contribution in [0.5, 0.6) is 11.5 Å². The molecular weight excluding hydrogens is 490 g/mol. The number of sulfonamides is 1. The molecule has 10 heteroatoms. The van der Waals surface area contributed by atoms with E-state index in [0.29, 0.717) is 34.4 Å². The maximum absolute atomic E-state index is 11.3. The first kappa shape index (κ1) is 26.4. The number of benzene rings is 2. The highest BCUT2D eigenvalue weighted by atomic mass is 35.5. The Labute approximate surface area is 210 Å². The number of hydrogen-bond acceptors (Lipinski definition) is 7. The molecule has 0 saturated carbocycles. The molecule has 0 aliphatic heterocycles. The van der Waals surface area contributed by atoms with Gasteiger partial charge in [0.2, 0.25) is 10.0 Å². The summed E-state index contributed by atoms with van der Waals surface area (Å²) in [4.78, 5) is 4.11. The molecule has 0 fully saturated rings. The van der Waals surface area contributed by atoms with E-state index in [4.69, 9.17) is 25.5 Å². The maximum atomic E-state index is 11.3. The summed E-state index contributed by atoms with van der Waals surface area (Å²) in [5, 5.41) is 10.0. The van der Waals surface area contributed by atoms with Crippen molar-refractivity contribution >= 4 is 27.6 Å². The molecule has 1 atom stereocenters. The number of hydrogen-bond donors (Lipinski definition) is 1. The van der Waals surface area contributed by atoms with Crippen LogP contribution in [0.3, 0.4) is 0 Å². The van der Waals surface area contributed by atoms with E-state index in [2.05, 4.69) is 29.6 Å². The Morgan fingerprint density at radius 2 is 1.91 bits per heavy atom. The van der Waals surface area contributed by atoms with Gasteiger partial charge in [0.25, 0.3) is 0 Å². The largest absolute Gasteiger partial charge is 0.491 e. The normalized spacial score (nSPS) is 12.6. The monoisotopic (exact) mass is 517 g/mol. The second-order valence-electron chi connectivity index (χ2n) is 8.66. The average Bonchev–Trinajstić information content (AvgIpc) is 3.25. The number of aromatic nitrogens is 1. The van der Waals surface area contributed by atoms with Crippen LogP contribution in [0.2, 0.25) is 5.02 Å². The van der Waals surface area contributed by atoms with Crippen molar-refractivity contribution in [3.05, 3.63) is 70.1 Å². The lowest BCUT2D eigenvalue weighted by atomic mass is 9.77. The predicted octanol–water partition coefficient (Wildman–Crippen LogP) is 5.83. The smallest absolute Gasteiger partial charge is 0.308 e. The number of nitrogens with zero attached hydrogens (tertiary/aromatic N) is 2. The standard InChI is InChI=1S/C25H28ClN3O5S/c1-6-11-32-23-17(14-27)12-19(13-21(23)26)25(3,4)18-7-9-20(10-8-18)34-16(2)22-15-33-24(28-22)29-35(5,30)31/h7-10,12-13,15-16H,6,11H2,1-5H3,(H,28,29). The van der Waals surface area contributed by atoms with Gasteiger partial charge in [-0.15, -0.1) is 0 Å². The van der Waals surface area contributed by atoms with Gasteiger partial charge in [-0.3, -0.25) is 0 Å². The molecular formula is C25H28ClN3O5S. The van der Waals surface area contributed by atoms with Crippen molar-refractivity contribution in [1.29, 1.82) is 5.26 Å². The number of rotatable bonds is 10. The van der Waals surface area contributed by atoms with Gasteiger partial charge in [-0.05, 0) is 48.7 Å². The first-order valence-corrected chi connectivity index (χ1v) is 13.3. The fourth-order valence-corrected chi connectivity index (χ4v) is 4.13. The van der Waals surface area contributed by atoms with Crippen molar-refractivity contribution in [3.63, 3.8) is 0 Å². The van der Waals surface area contributed by atoms with Crippen LogP contribution in [-0.2, 0) is 15.4 Å². The first-order valence-electron chi connectivity index (χ1n) is 11.0. The van der Waals surface area contributed by atoms with Gasteiger partial charge >= 0.3 is 6.01 Å². The lowest BCUT2D eigenvalue weighted by Crippen LogP contribution is -2.19. The Morgan fingerprint density at radius 3 is 2.51 bits per heavy atom. The minimum absolute atomic E-state index is 0.114. The molecule has 0 aliphatic rings. The summed E-state index contributed by atoms with van der Waals surface area (Å²) in [5.74, 6) is 1.02. The Kier molecular flexibility index (Phi) is 7.98. The third kappa shape index (κ3) is 6.47. The third-order valence-corrected chi connectivity index (χ3v) is 6.26. The van der Waals surface area contributed by atoms with Gasteiger partial charge in [0, 0.05) is 5.41 Å². The van der Waals surface area contributed by atoms with E-state index < -0.39 is 21.5 Å². The Balaban J connectivity index is 1.78. The minimum Gasteiger partial charge on any atom is -0.491 e. The lowest BCUT2D eigenvalue weighted by molar-refractivity contribution is 0.221. The molecule has 3 aromatic rings. The summed E-state index contributed by atoms with van der Waals surface area (Å²) >= 11 is 6.47. The van der Waals surface area contributed by atoms with Crippen molar-refractivity contribution < 1.29 is 22.3 Å². The number of halogens is 1. The zero-order valence-corrected chi connectivity index (χ0v) is 21.8. The summed E-state index contributed by atoms with van der Waals surface area (Å²) in [6.45, 7) is 8.37. The van der Waals surface area contributed by atoms with Crippen molar-refractivity contribution in [3.8, 4) is 17.6 Å². The Hall–Kier alpha value is -3.22. The van der Waals surface area contributed by atoms with Crippen LogP contribution in [-0.4, -0.2) is 26.3 Å². The van der Waals surface area contributed by atoms with E-state index in [-0.39, 0.29) is 6.01 Å². The molecule has 0 radical (unpaired) electrons. The van der Waals surface area contributed by atoms with E-state index >= 15 is 0 Å². The summed E-state index contributed by atoms with van der Waals surface area (Å²) in [5.41, 5.74) is 2.30. The number of nitriles is 1. The maximum Gasteiger partial charge on any atom is 0.308 e. The fourth-order valence-electron chi connectivity index (χ4n) is 3.45. The molecule has 0 bridgehead atoms. The average molecular weight is 518 g/mol. The zero-order chi connectivity index (χ0) is 25.8. The van der Waals surface area contributed by atoms with Gasteiger partial charge in [0.1, 0.15) is 29.9 Å². The van der Waals surface area contributed by atoms with Gasteiger partial charge in [0.05, 0.1) is 23.4 Å². The van der Waals surface area contributed by atoms with Gasteiger partial charge in [-0.1, -0.05) is 44.5 Å². The van der Waals surface area contributed by atoms with Crippen LogP contribution >= 0.6 is 11.6 Å². The summed E-state index contributed by atoms with van der Waals surface area (Å²) in [6.07, 6.45) is 2.71. The van der Waals surface area contributed by atoms with Gasteiger partial charge < -0.3 is 13.9 Å². The molecule has 0 aliphatic carbocycles. The Morgan fingerprint density at radius 1 is 1.23 bits per heavy atom. The summed E-state index contributed by atoms with van der Waals surface area (Å²) in [6, 6.07) is 13.3. The van der Waals surface area contributed by atoms with Gasteiger partial charge in [-0.2, -0.15) is 10.2 Å². The zero-order valence-electron chi connectivity index (χ0n) is 20.3. The number of oxazole rings is 1. The molecule has 0 saturated heterocycles. The van der Waals surface area contributed by atoms with Crippen molar-refractivity contribution in [2.24, 2.45) is 0 Å². The Bertz CT molecular complexity index is 1330. The predicted molar refractivity (Wildman–Crippen MR) is 135 cm³/mol. The van der Waals surface area contributed by atoms with E-state index in [0.717, 1.165) is 23.8 Å². The van der Waals surface area contributed by atoms with Crippen molar-refractivity contribution in [2.75, 3.05) is 17.6 Å². The molecule has 0 amide bonds. The molecule has 186 valence electrons. The van der Waals surface area contributed by atoms with Crippen LogP contribution in [0.25, 0.3) is 0 Å². The van der Waals surface area contributed by atoms with Crippen LogP contribution < -0.4 is 14.2 Å². The van der Waals surface area contributed by atoms with Crippen molar-refractivity contribution in [2.45, 2.75) is 45.6 Å². The second-order valence-corrected chi connectivity index (χ2v) is 10.8. The molecule has 0 spiro atoms. The van der Waals surface area contributed by atoms with Gasteiger partial charge in [0.15, 0.2) is 5.75 Å². The highest BCUT2D eigenvalue weighted by molar-refractivity contribution is 7.91. The lowest BCUT2D eigenvalue weighted by Gasteiger charge is -2.27. The SMILES string of the molecule is CCCOc1c(Cl)cc(C(C)(C)c2ccc(OC(C)c3coc(NS(C)(=O)=O)n3)cc2)cc1C#N. The molecule has 1 heterocycles. The number of nitrogens with one attached hydrogen (secondary N) is 1. The molecule has 3 rings (SSSR count). The first-order chi connectivity index (χ1) is 16.4. The molecule has 1 N–H and O–H groups in total. The van der Waals surface area contributed by atoms with Crippen LogP contribution in [0.4, 0.5) is 6.01 Å². The third-order valence-electron chi connectivity index (χ3n) is 5.44. The van der Waals surface area contributed by atoms with Crippen LogP contribution in [0.15, 0.2) is 47.1 Å². The van der Waals surface area contributed by atoms with Crippen molar-refractivity contribution in [1.82, 2.24) is 4.98 Å². The van der Waals surface area contributed by atoms with E-state index in [1.807, 2.05) is 43.3 Å². The number of anilines is 1. The van der Waals surface area contributed by atoms with Crippen LogP contribution in [0, 0.1) is 11.3 Å². The number of ether oxygens (including phenoxy) is 2. The highest BCUT2D eigenvalue weighted by Crippen LogP contribution is 2.39. The van der Waals surface area contributed by atoms with E-state index in [9.17, 15) is 13.7 Å².